The zero-order chi connectivity index (χ0) is 15.4. The van der Waals surface area contributed by atoms with Crippen LogP contribution >= 0.6 is 11.6 Å². The highest BCUT2D eigenvalue weighted by molar-refractivity contribution is 6.31. The van der Waals surface area contributed by atoms with Gasteiger partial charge in [0.15, 0.2) is 0 Å². The van der Waals surface area contributed by atoms with Crippen LogP contribution in [0.25, 0.3) is 0 Å². The first-order chi connectivity index (χ1) is 10.1. The summed E-state index contributed by atoms with van der Waals surface area (Å²) in [5.74, 6) is 1.62. The van der Waals surface area contributed by atoms with Crippen molar-refractivity contribution in [1.29, 1.82) is 0 Å². The number of methoxy groups -OCH3 is 1. The molecule has 1 aliphatic rings. The maximum Gasteiger partial charge on any atom is 0.125 e. The van der Waals surface area contributed by atoms with Gasteiger partial charge in [-0.3, -0.25) is 4.90 Å². The molecule has 1 aliphatic carbocycles. The summed E-state index contributed by atoms with van der Waals surface area (Å²) in [4.78, 5) is 2.40. The van der Waals surface area contributed by atoms with Crippen LogP contribution in [0.1, 0.15) is 44.2 Å². The maximum atomic E-state index is 6.43. The second-order valence-corrected chi connectivity index (χ2v) is 6.61. The van der Waals surface area contributed by atoms with Gasteiger partial charge in [0.2, 0.25) is 0 Å². The van der Waals surface area contributed by atoms with Gasteiger partial charge >= 0.3 is 0 Å². The second kappa shape index (κ2) is 7.48. The molecule has 0 amide bonds. The largest absolute Gasteiger partial charge is 0.496 e. The molecule has 1 saturated carbocycles. The molecule has 1 fully saturated rings. The van der Waals surface area contributed by atoms with Gasteiger partial charge in [0, 0.05) is 23.2 Å². The smallest absolute Gasteiger partial charge is 0.125 e. The highest BCUT2D eigenvalue weighted by atomic mass is 35.5. The van der Waals surface area contributed by atoms with Crippen LogP contribution in [-0.2, 0) is 0 Å². The first-order valence-corrected chi connectivity index (χ1v) is 8.20. The minimum absolute atomic E-state index is 0.101. The number of likely N-dealkylation sites (N-methyl/N-ethyl adjacent to an activating group) is 1. The van der Waals surface area contributed by atoms with Gasteiger partial charge in [-0.2, -0.15) is 0 Å². The molecule has 4 heteroatoms. The Morgan fingerprint density at radius 2 is 2.19 bits per heavy atom. The summed E-state index contributed by atoms with van der Waals surface area (Å²) < 4.78 is 5.50. The van der Waals surface area contributed by atoms with E-state index >= 15 is 0 Å². The normalized spacial score (nSPS) is 24.1. The lowest BCUT2D eigenvalue weighted by Crippen LogP contribution is -2.41. The lowest BCUT2D eigenvalue weighted by Gasteiger charge is -2.39. The maximum absolute atomic E-state index is 6.43. The van der Waals surface area contributed by atoms with E-state index in [1.54, 1.807) is 7.11 Å². The second-order valence-electron chi connectivity index (χ2n) is 6.20. The number of ether oxygens (including phenoxy) is 1. The van der Waals surface area contributed by atoms with E-state index in [4.69, 9.17) is 22.1 Å². The lowest BCUT2D eigenvalue weighted by atomic mass is 9.85. The number of hydrogen-bond donors (Lipinski definition) is 1. The van der Waals surface area contributed by atoms with Gasteiger partial charge < -0.3 is 10.5 Å². The van der Waals surface area contributed by atoms with E-state index < -0.39 is 0 Å². The number of nitrogens with zero attached hydrogens (tertiary/aromatic N) is 1. The van der Waals surface area contributed by atoms with Crippen molar-refractivity contribution in [3.8, 4) is 5.75 Å². The topological polar surface area (TPSA) is 38.5 Å². The van der Waals surface area contributed by atoms with Gasteiger partial charge in [-0.15, -0.1) is 0 Å². The molecule has 0 spiro atoms. The van der Waals surface area contributed by atoms with Crippen molar-refractivity contribution >= 4 is 11.6 Å². The summed E-state index contributed by atoms with van der Waals surface area (Å²) in [6, 6.07) is 6.47. The fraction of sp³-hybridized carbons (Fsp3) is 0.647. The van der Waals surface area contributed by atoms with E-state index in [1.807, 2.05) is 18.2 Å². The number of rotatable bonds is 5. The van der Waals surface area contributed by atoms with Crippen molar-refractivity contribution in [2.75, 3.05) is 20.7 Å². The van der Waals surface area contributed by atoms with E-state index in [-0.39, 0.29) is 6.04 Å². The quantitative estimate of drug-likeness (QED) is 0.897. The molecule has 3 atom stereocenters. The molecule has 0 radical (unpaired) electrons. The predicted octanol–water partition coefficient (Wildman–Crippen LogP) is 3.86. The average molecular weight is 311 g/mol. The van der Waals surface area contributed by atoms with Gasteiger partial charge in [-0.1, -0.05) is 37.4 Å². The van der Waals surface area contributed by atoms with E-state index in [0.29, 0.717) is 12.6 Å². The molecule has 118 valence electrons. The predicted molar refractivity (Wildman–Crippen MR) is 89.0 cm³/mol. The first kappa shape index (κ1) is 16.6. The van der Waals surface area contributed by atoms with E-state index in [2.05, 4.69) is 18.9 Å². The molecule has 0 saturated heterocycles. The summed E-state index contributed by atoms with van der Waals surface area (Å²) >= 11 is 6.43. The third-order valence-corrected chi connectivity index (χ3v) is 5.10. The minimum atomic E-state index is 0.101. The molecule has 21 heavy (non-hydrogen) atoms. The Bertz CT molecular complexity index is 466. The van der Waals surface area contributed by atoms with Gasteiger partial charge in [0.25, 0.3) is 0 Å². The highest BCUT2D eigenvalue weighted by Crippen LogP contribution is 2.37. The van der Waals surface area contributed by atoms with Crippen LogP contribution in [0.4, 0.5) is 0 Å². The summed E-state index contributed by atoms with van der Waals surface area (Å²) in [5, 5.41) is 0.737. The molecule has 0 bridgehead atoms. The summed E-state index contributed by atoms with van der Waals surface area (Å²) in [5.41, 5.74) is 7.10. The fourth-order valence-corrected chi connectivity index (χ4v) is 3.82. The Hall–Kier alpha value is -0.770. The van der Waals surface area contributed by atoms with Crippen LogP contribution in [0.5, 0.6) is 5.75 Å². The molecule has 3 nitrogen and oxygen atoms in total. The molecule has 3 unspecified atom stereocenters. The van der Waals surface area contributed by atoms with Crippen molar-refractivity contribution in [3.63, 3.8) is 0 Å². The molecular formula is C17H27ClN2O. The fourth-order valence-electron chi connectivity index (χ4n) is 3.53. The summed E-state index contributed by atoms with van der Waals surface area (Å²) in [6.45, 7) is 2.88. The Morgan fingerprint density at radius 1 is 1.43 bits per heavy atom. The third kappa shape index (κ3) is 3.71. The van der Waals surface area contributed by atoms with Crippen LogP contribution < -0.4 is 10.5 Å². The van der Waals surface area contributed by atoms with Crippen molar-refractivity contribution < 1.29 is 4.74 Å². The number of halogens is 1. The molecule has 0 heterocycles. The third-order valence-electron chi connectivity index (χ3n) is 4.77. The molecule has 1 aromatic rings. The number of hydrogen-bond acceptors (Lipinski definition) is 3. The Labute approximate surface area is 133 Å². The molecule has 0 aliphatic heterocycles. The van der Waals surface area contributed by atoms with Crippen LogP contribution in [-0.4, -0.2) is 31.6 Å². The monoisotopic (exact) mass is 310 g/mol. The van der Waals surface area contributed by atoms with Gasteiger partial charge in [-0.25, -0.2) is 0 Å². The van der Waals surface area contributed by atoms with Crippen molar-refractivity contribution in [3.05, 3.63) is 28.8 Å². The van der Waals surface area contributed by atoms with Gasteiger partial charge in [0.1, 0.15) is 5.75 Å². The number of nitrogens with two attached hydrogens (primary N) is 1. The zero-order valence-electron chi connectivity index (χ0n) is 13.3. The van der Waals surface area contributed by atoms with Gasteiger partial charge in [0.05, 0.1) is 13.2 Å². The van der Waals surface area contributed by atoms with Crippen LogP contribution in [0.15, 0.2) is 18.2 Å². The van der Waals surface area contributed by atoms with Crippen LogP contribution in [0.3, 0.4) is 0 Å². The summed E-state index contributed by atoms with van der Waals surface area (Å²) in [6.07, 6.45) is 5.12. The molecule has 0 aromatic heterocycles. The molecular weight excluding hydrogens is 284 g/mol. The Balaban J connectivity index is 2.26. The minimum Gasteiger partial charge on any atom is -0.496 e. The van der Waals surface area contributed by atoms with Crippen LogP contribution in [0, 0.1) is 5.92 Å². The van der Waals surface area contributed by atoms with Crippen molar-refractivity contribution in [2.45, 2.75) is 44.7 Å². The van der Waals surface area contributed by atoms with E-state index in [1.165, 1.54) is 25.7 Å². The zero-order valence-corrected chi connectivity index (χ0v) is 14.1. The Morgan fingerprint density at radius 3 is 2.81 bits per heavy atom. The van der Waals surface area contributed by atoms with Crippen molar-refractivity contribution in [1.82, 2.24) is 4.90 Å². The van der Waals surface area contributed by atoms with E-state index in [9.17, 15) is 0 Å². The van der Waals surface area contributed by atoms with Crippen molar-refractivity contribution in [2.24, 2.45) is 11.7 Å². The molecule has 2 N–H and O–H groups in total. The Kier molecular flexibility index (Phi) is 5.91. The standard InChI is InChI=1S/C17H27ClN2O/c1-12-6-4-7-13(10-12)20(2)15(11-19)17-14(18)8-5-9-16(17)21-3/h5,8-9,12-13,15H,4,6-7,10-11,19H2,1-3H3. The van der Waals surface area contributed by atoms with Gasteiger partial charge in [-0.05, 0) is 37.9 Å². The van der Waals surface area contributed by atoms with E-state index in [0.717, 1.165) is 22.3 Å². The SMILES string of the molecule is COc1cccc(Cl)c1C(CN)N(C)C1CCCC(C)C1. The molecule has 2 rings (SSSR count). The molecule has 1 aromatic carbocycles. The highest BCUT2D eigenvalue weighted by Gasteiger charge is 2.29. The van der Waals surface area contributed by atoms with Crippen LogP contribution in [0.2, 0.25) is 5.02 Å². The summed E-state index contributed by atoms with van der Waals surface area (Å²) in [7, 11) is 3.86. The number of benzene rings is 1. The first-order valence-electron chi connectivity index (χ1n) is 7.82. The average Bonchev–Trinajstić information content (AvgIpc) is 2.49. The lowest BCUT2D eigenvalue weighted by molar-refractivity contribution is 0.119.